The minimum Gasteiger partial charge on any atom is -0.412 e. The number of hydrogen-bond donors (Lipinski definition) is 1. The van der Waals surface area contributed by atoms with Crippen LogP contribution in [0, 0.1) is 5.82 Å². The predicted octanol–water partition coefficient (Wildman–Crippen LogP) is 2.03. The molecular weight excluding hydrogens is 489 g/mol. The molecule has 3 N–H and O–H groups in total. The van der Waals surface area contributed by atoms with E-state index in [0.717, 1.165) is 47.1 Å². The van der Waals surface area contributed by atoms with E-state index in [2.05, 4.69) is 9.80 Å². The molecule has 0 amide bonds. The molecule has 1 fully saturated rings. The third-order valence-electron chi connectivity index (χ3n) is 6.05. The van der Waals surface area contributed by atoms with Crippen molar-refractivity contribution in [1.82, 2.24) is 14.1 Å². The molecule has 11 heteroatoms. The van der Waals surface area contributed by atoms with Gasteiger partial charge >= 0.3 is 0 Å². The number of β-amino-alcohol motifs (C(OH)–C–C–N with tert-alkyl or cyclic N) is 1. The lowest BCUT2D eigenvalue weighted by atomic mass is 9.96. The summed E-state index contributed by atoms with van der Waals surface area (Å²) in [7, 11) is -0.489. The van der Waals surface area contributed by atoms with Gasteiger partial charge in [-0.25, -0.2) is 17.1 Å². The van der Waals surface area contributed by atoms with Crippen molar-refractivity contribution in [3.63, 3.8) is 0 Å². The van der Waals surface area contributed by atoms with E-state index in [9.17, 15) is 17.9 Å². The van der Waals surface area contributed by atoms with E-state index >= 15 is 0 Å². The van der Waals surface area contributed by atoms with Gasteiger partial charge in [0.25, 0.3) is 0 Å². The van der Waals surface area contributed by atoms with Gasteiger partial charge in [-0.15, -0.1) is 12.4 Å². The fourth-order valence-corrected chi connectivity index (χ4v) is 6.32. The molecule has 1 atom stereocenters. The van der Waals surface area contributed by atoms with E-state index in [0.29, 0.717) is 13.0 Å². The Hall–Kier alpha value is -1.24. The zero-order chi connectivity index (χ0) is 22.2. The van der Waals surface area contributed by atoms with Crippen LogP contribution in [0.15, 0.2) is 51.1 Å². The Bertz CT molecular complexity index is 1060. The van der Waals surface area contributed by atoms with Crippen molar-refractivity contribution in [3.05, 3.63) is 53.3 Å². The van der Waals surface area contributed by atoms with Gasteiger partial charge in [0.2, 0.25) is 10.0 Å². The Labute approximate surface area is 205 Å². The van der Waals surface area contributed by atoms with Gasteiger partial charge in [0.05, 0.1) is 11.5 Å². The zero-order valence-corrected chi connectivity index (χ0v) is 21.1. The lowest BCUT2D eigenvalue weighted by Gasteiger charge is -2.39. The Kier molecular flexibility index (Phi) is 9.72. The van der Waals surface area contributed by atoms with E-state index in [1.165, 1.54) is 36.2 Å². The van der Waals surface area contributed by atoms with Crippen LogP contribution in [0.3, 0.4) is 0 Å². The Morgan fingerprint density at radius 3 is 2.42 bits per heavy atom. The highest BCUT2D eigenvalue weighted by molar-refractivity contribution is 7.99. The van der Waals surface area contributed by atoms with Gasteiger partial charge in [-0.2, -0.15) is 0 Å². The van der Waals surface area contributed by atoms with Crippen LogP contribution < -0.4 is 0 Å². The number of nitrogens with zero attached hydrogens (tertiary/aromatic N) is 3. The lowest BCUT2D eigenvalue weighted by Crippen LogP contribution is -2.48. The summed E-state index contributed by atoms with van der Waals surface area (Å²) in [6.45, 7) is 4.18. The Morgan fingerprint density at radius 2 is 1.79 bits per heavy atom. The van der Waals surface area contributed by atoms with Crippen LogP contribution in [-0.2, 0) is 16.4 Å². The van der Waals surface area contributed by atoms with Crippen molar-refractivity contribution in [2.45, 2.75) is 27.1 Å². The first-order valence-electron chi connectivity index (χ1n) is 10.4. The van der Waals surface area contributed by atoms with E-state index in [1.54, 1.807) is 18.2 Å². The van der Waals surface area contributed by atoms with Crippen LogP contribution in [0.1, 0.15) is 17.2 Å². The summed E-state index contributed by atoms with van der Waals surface area (Å²) in [6, 6.07) is 10.2. The molecule has 2 aliphatic rings. The van der Waals surface area contributed by atoms with Crippen molar-refractivity contribution >= 4 is 34.2 Å². The normalized spacial score (nSPS) is 19.1. The summed E-state index contributed by atoms with van der Waals surface area (Å²) >= 11 is 1.50. The van der Waals surface area contributed by atoms with Gasteiger partial charge < -0.3 is 10.6 Å². The fourth-order valence-electron chi connectivity index (χ4n) is 4.25. The summed E-state index contributed by atoms with van der Waals surface area (Å²) < 4.78 is 40.8. The summed E-state index contributed by atoms with van der Waals surface area (Å²) in [6.07, 6.45) is 0.696. The second-order valence-electron chi connectivity index (χ2n) is 8.16. The highest BCUT2D eigenvalue weighted by atomic mass is 35.5. The highest BCUT2D eigenvalue weighted by Gasteiger charge is 2.31. The van der Waals surface area contributed by atoms with Crippen LogP contribution in [0.25, 0.3) is 0 Å². The largest absolute Gasteiger partial charge is 0.412 e. The Morgan fingerprint density at radius 1 is 1.09 bits per heavy atom. The minimum atomic E-state index is -3.56. The van der Waals surface area contributed by atoms with Gasteiger partial charge in [-0.3, -0.25) is 9.80 Å². The molecule has 1 unspecified atom stereocenters. The number of sulfonamides is 1. The van der Waals surface area contributed by atoms with Crippen LogP contribution in [0.5, 0.6) is 0 Å². The quantitative estimate of drug-likeness (QED) is 0.649. The summed E-state index contributed by atoms with van der Waals surface area (Å²) in [4.78, 5) is 6.74. The standard InChI is InChI=1S/C22H28FN3O3S2.ClH.H2O/c1-24(2)31(28,29)18-5-6-21-19(15-18)20(26-9-7-25(8-10-26)11-12-27)13-16-3-4-17(23)14-22(16)30-21;;/h3-6,14-15,20,27H,7-13H2,1-2H3;1H;1H2. The second kappa shape index (κ2) is 11.5. The van der Waals surface area contributed by atoms with Crippen molar-refractivity contribution in [3.8, 4) is 0 Å². The maximum absolute atomic E-state index is 13.9. The SMILES string of the molecule is CN(C)S(=O)(=O)c1ccc2c(c1)C(N1CCN(CCO)CC1)Cc1ccc(F)cc1S2.Cl.O. The fraction of sp³-hybridized carbons (Fsp3) is 0.455. The molecule has 4 rings (SSSR count). The van der Waals surface area contributed by atoms with Crippen LogP contribution in [-0.4, -0.2) is 86.5 Å². The van der Waals surface area contributed by atoms with Crippen LogP contribution in [0.2, 0.25) is 0 Å². The number of rotatable bonds is 5. The average Bonchev–Trinajstić information content (AvgIpc) is 2.90. The molecule has 2 aromatic rings. The van der Waals surface area contributed by atoms with Crippen molar-refractivity contribution in [1.29, 1.82) is 0 Å². The van der Waals surface area contributed by atoms with Crippen molar-refractivity contribution < 1.29 is 23.4 Å². The molecule has 0 bridgehead atoms. The summed E-state index contributed by atoms with van der Waals surface area (Å²) in [5.41, 5.74) is 2.04. The molecule has 7 nitrogen and oxygen atoms in total. The van der Waals surface area contributed by atoms with E-state index in [-0.39, 0.29) is 41.2 Å². The minimum absolute atomic E-state index is 0. The molecule has 2 heterocycles. The van der Waals surface area contributed by atoms with E-state index < -0.39 is 10.0 Å². The molecule has 0 aliphatic carbocycles. The first-order chi connectivity index (χ1) is 14.8. The number of aliphatic hydroxyl groups excluding tert-OH is 1. The number of piperazine rings is 1. The van der Waals surface area contributed by atoms with Gasteiger partial charge in [0.15, 0.2) is 0 Å². The monoisotopic (exact) mass is 519 g/mol. The number of aliphatic hydroxyl groups is 1. The average molecular weight is 520 g/mol. The summed E-state index contributed by atoms with van der Waals surface area (Å²) in [5, 5.41) is 9.23. The number of halogens is 2. The van der Waals surface area contributed by atoms with Gasteiger partial charge in [-0.05, 0) is 47.9 Å². The van der Waals surface area contributed by atoms with Crippen molar-refractivity contribution in [2.24, 2.45) is 0 Å². The molecule has 33 heavy (non-hydrogen) atoms. The zero-order valence-electron chi connectivity index (χ0n) is 18.7. The van der Waals surface area contributed by atoms with Crippen LogP contribution >= 0.6 is 24.2 Å². The first kappa shape index (κ1) is 28.0. The highest BCUT2D eigenvalue weighted by Crippen LogP contribution is 2.44. The predicted molar refractivity (Wildman–Crippen MR) is 130 cm³/mol. The number of fused-ring (bicyclic) bond motifs is 2. The van der Waals surface area contributed by atoms with Gasteiger partial charge in [0, 0.05) is 62.7 Å². The molecule has 1 saturated heterocycles. The first-order valence-corrected chi connectivity index (χ1v) is 12.7. The number of benzene rings is 2. The second-order valence-corrected chi connectivity index (χ2v) is 11.4. The van der Waals surface area contributed by atoms with E-state index in [1.807, 2.05) is 12.1 Å². The molecular formula is C22H31ClFN3O4S2. The smallest absolute Gasteiger partial charge is 0.242 e. The summed E-state index contributed by atoms with van der Waals surface area (Å²) in [5.74, 6) is -0.268. The van der Waals surface area contributed by atoms with Gasteiger partial charge in [0.1, 0.15) is 5.82 Å². The molecule has 2 aliphatic heterocycles. The molecule has 0 radical (unpaired) electrons. The maximum Gasteiger partial charge on any atom is 0.242 e. The Balaban J connectivity index is 0.00000193. The third kappa shape index (κ3) is 5.88. The molecule has 0 aromatic heterocycles. The molecule has 2 aromatic carbocycles. The topological polar surface area (TPSA) is 95.6 Å². The van der Waals surface area contributed by atoms with Crippen LogP contribution in [0.4, 0.5) is 4.39 Å². The lowest BCUT2D eigenvalue weighted by molar-refractivity contribution is 0.0822. The maximum atomic E-state index is 13.9. The third-order valence-corrected chi connectivity index (χ3v) is 9.05. The van der Waals surface area contributed by atoms with Gasteiger partial charge in [-0.1, -0.05) is 17.8 Å². The molecule has 184 valence electrons. The molecule has 0 spiro atoms. The number of hydrogen-bond acceptors (Lipinski definition) is 6. The molecule has 0 saturated carbocycles. The van der Waals surface area contributed by atoms with E-state index in [4.69, 9.17) is 0 Å². The van der Waals surface area contributed by atoms with Crippen molar-refractivity contribution in [2.75, 3.05) is 53.4 Å².